The van der Waals surface area contributed by atoms with Crippen LogP contribution in [-0.4, -0.2) is 9.97 Å². The minimum absolute atomic E-state index is 0.0900. The highest BCUT2D eigenvalue weighted by atomic mass is 32.1. The molecule has 0 aromatic carbocycles. The Bertz CT molecular complexity index is 507. The number of anilines is 1. The molecule has 0 radical (unpaired) electrons. The number of nitrogens with one attached hydrogen (secondary N) is 1. The summed E-state index contributed by atoms with van der Waals surface area (Å²) in [6.45, 7) is 6.08. The highest BCUT2D eigenvalue weighted by Gasteiger charge is 2.12. The van der Waals surface area contributed by atoms with Gasteiger partial charge in [-0.05, 0) is 32.9 Å². The second-order valence-electron chi connectivity index (χ2n) is 3.91. The monoisotopic (exact) mass is 251 g/mol. The second-order valence-corrected chi connectivity index (χ2v) is 5.32. The molecular weight excluding hydrogens is 237 g/mol. The molecule has 17 heavy (non-hydrogen) atoms. The summed E-state index contributed by atoms with van der Waals surface area (Å²) in [5.74, 6) is -0.469. The maximum absolute atomic E-state index is 12.7. The number of halogens is 1. The highest BCUT2D eigenvalue weighted by Crippen LogP contribution is 2.25. The molecule has 90 valence electrons. The minimum Gasteiger partial charge on any atom is -0.376 e. The van der Waals surface area contributed by atoms with Crippen molar-refractivity contribution in [2.75, 3.05) is 5.32 Å². The molecule has 2 aromatic heterocycles. The van der Waals surface area contributed by atoms with Gasteiger partial charge in [0.05, 0.1) is 28.6 Å². The number of pyridine rings is 1. The molecule has 1 atom stereocenters. The molecule has 2 rings (SSSR count). The van der Waals surface area contributed by atoms with Crippen molar-refractivity contribution in [2.24, 2.45) is 0 Å². The first-order chi connectivity index (χ1) is 8.06. The van der Waals surface area contributed by atoms with E-state index in [0.717, 1.165) is 16.4 Å². The third kappa shape index (κ3) is 2.79. The number of aryl methyl sites for hydroxylation is 2. The molecule has 3 nitrogen and oxygen atoms in total. The van der Waals surface area contributed by atoms with Crippen LogP contribution in [0.15, 0.2) is 18.3 Å². The summed E-state index contributed by atoms with van der Waals surface area (Å²) in [6, 6.07) is 3.11. The molecule has 2 aromatic rings. The molecule has 0 saturated carbocycles. The zero-order valence-electron chi connectivity index (χ0n) is 9.99. The van der Waals surface area contributed by atoms with Crippen molar-refractivity contribution in [3.63, 3.8) is 0 Å². The van der Waals surface area contributed by atoms with Crippen molar-refractivity contribution in [1.82, 2.24) is 9.97 Å². The number of aromatic nitrogens is 2. The van der Waals surface area contributed by atoms with Gasteiger partial charge in [0.2, 0.25) is 5.95 Å². The Balaban J connectivity index is 2.14. The van der Waals surface area contributed by atoms with Crippen molar-refractivity contribution in [2.45, 2.75) is 26.8 Å². The predicted molar refractivity (Wildman–Crippen MR) is 67.8 cm³/mol. The molecule has 0 saturated heterocycles. The van der Waals surface area contributed by atoms with E-state index in [9.17, 15) is 4.39 Å². The third-order valence-electron chi connectivity index (χ3n) is 2.46. The van der Waals surface area contributed by atoms with Crippen molar-refractivity contribution < 1.29 is 4.39 Å². The van der Waals surface area contributed by atoms with Gasteiger partial charge in [-0.15, -0.1) is 11.3 Å². The molecule has 1 N–H and O–H groups in total. The summed E-state index contributed by atoms with van der Waals surface area (Å²) in [5, 5.41) is 4.31. The van der Waals surface area contributed by atoms with E-state index in [1.165, 1.54) is 17.1 Å². The van der Waals surface area contributed by atoms with Crippen LogP contribution < -0.4 is 5.32 Å². The molecule has 0 aliphatic heterocycles. The first-order valence-corrected chi connectivity index (χ1v) is 6.20. The third-order valence-corrected chi connectivity index (χ3v) is 3.36. The lowest BCUT2D eigenvalue weighted by atomic mass is 10.2. The summed E-state index contributed by atoms with van der Waals surface area (Å²) in [5.41, 5.74) is 1.83. The van der Waals surface area contributed by atoms with Crippen molar-refractivity contribution >= 4 is 17.0 Å². The van der Waals surface area contributed by atoms with Gasteiger partial charge in [0, 0.05) is 4.88 Å². The summed E-state index contributed by atoms with van der Waals surface area (Å²) < 4.78 is 12.7. The summed E-state index contributed by atoms with van der Waals surface area (Å²) in [7, 11) is 0. The van der Waals surface area contributed by atoms with E-state index in [0.29, 0.717) is 0 Å². The molecule has 5 heteroatoms. The summed E-state index contributed by atoms with van der Waals surface area (Å²) >= 11 is 1.68. The van der Waals surface area contributed by atoms with Crippen LogP contribution in [0.5, 0.6) is 0 Å². The number of hydrogen-bond donors (Lipinski definition) is 1. The van der Waals surface area contributed by atoms with Gasteiger partial charge in [0.1, 0.15) is 0 Å². The Labute approximate surface area is 104 Å². The maximum atomic E-state index is 12.7. The lowest BCUT2D eigenvalue weighted by Gasteiger charge is -2.13. The van der Waals surface area contributed by atoms with Crippen LogP contribution in [0.4, 0.5) is 10.1 Å². The lowest BCUT2D eigenvalue weighted by molar-refractivity contribution is 0.584. The SMILES string of the molecule is Cc1nc(C(C)Nc2ccc(F)nc2)c(C)s1. The van der Waals surface area contributed by atoms with Crippen LogP contribution in [0.2, 0.25) is 0 Å². The lowest BCUT2D eigenvalue weighted by Crippen LogP contribution is -2.08. The van der Waals surface area contributed by atoms with Gasteiger partial charge in [-0.2, -0.15) is 4.39 Å². The van der Waals surface area contributed by atoms with Gasteiger partial charge in [0.15, 0.2) is 0 Å². The van der Waals surface area contributed by atoms with Crippen LogP contribution in [0.3, 0.4) is 0 Å². The van der Waals surface area contributed by atoms with Gasteiger partial charge in [0.25, 0.3) is 0 Å². The summed E-state index contributed by atoms with van der Waals surface area (Å²) in [4.78, 5) is 9.30. The Hall–Kier alpha value is -1.49. The summed E-state index contributed by atoms with van der Waals surface area (Å²) in [6.07, 6.45) is 1.49. The zero-order chi connectivity index (χ0) is 12.4. The van der Waals surface area contributed by atoms with Gasteiger partial charge < -0.3 is 5.32 Å². The molecule has 1 unspecified atom stereocenters. The fourth-order valence-electron chi connectivity index (χ4n) is 1.73. The topological polar surface area (TPSA) is 37.8 Å². The Morgan fingerprint density at radius 1 is 1.35 bits per heavy atom. The van der Waals surface area contributed by atoms with Crippen LogP contribution >= 0.6 is 11.3 Å². The van der Waals surface area contributed by atoms with E-state index >= 15 is 0 Å². The van der Waals surface area contributed by atoms with Gasteiger partial charge in [-0.25, -0.2) is 9.97 Å². The molecule has 0 fully saturated rings. The normalized spacial score (nSPS) is 12.5. The standard InChI is InChI=1S/C12H14FN3S/c1-7(12-8(2)17-9(3)16-12)15-10-4-5-11(13)14-6-10/h4-7,15H,1-3H3. The number of thiazole rings is 1. The average molecular weight is 251 g/mol. The molecule has 2 heterocycles. The molecule has 0 bridgehead atoms. The highest BCUT2D eigenvalue weighted by molar-refractivity contribution is 7.11. The zero-order valence-corrected chi connectivity index (χ0v) is 10.8. The molecule has 0 aliphatic carbocycles. The smallest absolute Gasteiger partial charge is 0.212 e. The molecule has 0 aliphatic rings. The van der Waals surface area contributed by atoms with Crippen LogP contribution in [-0.2, 0) is 0 Å². The van der Waals surface area contributed by atoms with Crippen molar-refractivity contribution in [1.29, 1.82) is 0 Å². The minimum atomic E-state index is -0.469. The number of rotatable bonds is 3. The molecular formula is C12H14FN3S. The van der Waals surface area contributed by atoms with Gasteiger partial charge in [-0.3, -0.25) is 0 Å². The number of nitrogens with zero attached hydrogens (tertiary/aromatic N) is 2. The van der Waals surface area contributed by atoms with Crippen molar-refractivity contribution in [3.05, 3.63) is 39.9 Å². The fourth-order valence-corrected chi connectivity index (χ4v) is 2.64. The van der Waals surface area contributed by atoms with E-state index < -0.39 is 5.95 Å². The van der Waals surface area contributed by atoms with E-state index in [1.807, 2.05) is 13.8 Å². The Morgan fingerprint density at radius 2 is 2.12 bits per heavy atom. The molecule has 0 spiro atoms. The van der Waals surface area contributed by atoms with Crippen LogP contribution in [0.25, 0.3) is 0 Å². The maximum Gasteiger partial charge on any atom is 0.212 e. The van der Waals surface area contributed by atoms with E-state index in [2.05, 4.69) is 22.2 Å². The van der Waals surface area contributed by atoms with E-state index in [1.54, 1.807) is 17.4 Å². The van der Waals surface area contributed by atoms with Crippen LogP contribution in [0, 0.1) is 19.8 Å². The van der Waals surface area contributed by atoms with Crippen molar-refractivity contribution in [3.8, 4) is 0 Å². The first kappa shape index (κ1) is 12.0. The largest absolute Gasteiger partial charge is 0.376 e. The van der Waals surface area contributed by atoms with E-state index in [-0.39, 0.29) is 6.04 Å². The quantitative estimate of drug-likeness (QED) is 0.849. The Kier molecular flexibility index (Phi) is 3.38. The molecule has 0 amide bonds. The van der Waals surface area contributed by atoms with Gasteiger partial charge in [-0.1, -0.05) is 0 Å². The van der Waals surface area contributed by atoms with Crippen LogP contribution in [0.1, 0.15) is 28.5 Å². The Morgan fingerprint density at radius 3 is 2.65 bits per heavy atom. The first-order valence-electron chi connectivity index (χ1n) is 5.38. The van der Waals surface area contributed by atoms with E-state index in [4.69, 9.17) is 0 Å². The fraction of sp³-hybridized carbons (Fsp3) is 0.333. The second kappa shape index (κ2) is 4.79. The van der Waals surface area contributed by atoms with Gasteiger partial charge >= 0.3 is 0 Å². The number of hydrogen-bond acceptors (Lipinski definition) is 4. The predicted octanol–water partition coefficient (Wildman–Crippen LogP) is 3.47. The average Bonchev–Trinajstić information content (AvgIpc) is 2.61.